The van der Waals surface area contributed by atoms with Crippen LogP contribution in [0, 0.1) is 20.8 Å². The van der Waals surface area contributed by atoms with E-state index in [9.17, 15) is 10.2 Å². The van der Waals surface area contributed by atoms with Crippen molar-refractivity contribution < 1.29 is 10.2 Å². The number of rotatable bonds is 2. The van der Waals surface area contributed by atoms with E-state index in [2.05, 4.69) is 27.7 Å². The van der Waals surface area contributed by atoms with Crippen LogP contribution >= 0.6 is 11.8 Å². The minimum atomic E-state index is -0.0879. The van der Waals surface area contributed by atoms with Gasteiger partial charge in [-0.1, -0.05) is 38.6 Å². The molecule has 0 heterocycles. The van der Waals surface area contributed by atoms with Crippen LogP contribution in [0.2, 0.25) is 0 Å². The van der Waals surface area contributed by atoms with Crippen LogP contribution in [0.3, 0.4) is 0 Å². The summed E-state index contributed by atoms with van der Waals surface area (Å²) in [7, 11) is 0. The predicted octanol–water partition coefficient (Wildman–Crippen LogP) is 5.47. The van der Waals surface area contributed by atoms with Crippen molar-refractivity contribution in [2.75, 3.05) is 0 Å². The lowest BCUT2D eigenvalue weighted by molar-refractivity contribution is 0.451. The molecule has 0 bridgehead atoms. The number of benzene rings is 2. The van der Waals surface area contributed by atoms with Gasteiger partial charge in [0.05, 0.1) is 9.79 Å². The highest BCUT2D eigenvalue weighted by atomic mass is 32.2. The van der Waals surface area contributed by atoms with Crippen molar-refractivity contribution >= 4 is 11.8 Å². The minimum Gasteiger partial charge on any atom is -0.507 e. The molecule has 0 saturated heterocycles. The summed E-state index contributed by atoms with van der Waals surface area (Å²) in [5, 5.41) is 20.6. The Morgan fingerprint density at radius 3 is 2.14 bits per heavy atom. The molecule has 2 nitrogen and oxygen atoms in total. The van der Waals surface area contributed by atoms with E-state index in [0.29, 0.717) is 0 Å². The number of hydrogen-bond acceptors (Lipinski definition) is 3. The smallest absolute Gasteiger partial charge is 0.130 e. The van der Waals surface area contributed by atoms with Crippen molar-refractivity contribution in [2.24, 2.45) is 0 Å². The Hall–Kier alpha value is -1.61. The Labute approximate surface area is 137 Å². The summed E-state index contributed by atoms with van der Waals surface area (Å²) >= 11 is 1.43. The molecule has 0 aliphatic rings. The molecule has 0 unspecified atom stereocenters. The van der Waals surface area contributed by atoms with E-state index < -0.39 is 0 Å². The van der Waals surface area contributed by atoms with Crippen molar-refractivity contribution in [3.8, 4) is 11.5 Å². The Morgan fingerprint density at radius 1 is 0.909 bits per heavy atom. The molecule has 0 fully saturated rings. The van der Waals surface area contributed by atoms with Crippen LogP contribution in [-0.2, 0) is 5.41 Å². The maximum Gasteiger partial charge on any atom is 0.130 e. The Kier molecular flexibility index (Phi) is 4.48. The van der Waals surface area contributed by atoms with Gasteiger partial charge in [-0.15, -0.1) is 0 Å². The second kappa shape index (κ2) is 5.88. The second-order valence-electron chi connectivity index (χ2n) is 6.86. The topological polar surface area (TPSA) is 40.5 Å². The molecule has 0 amide bonds. The summed E-state index contributed by atoms with van der Waals surface area (Å²) in [6.45, 7) is 12.5. The molecule has 0 saturated carbocycles. The van der Waals surface area contributed by atoms with Crippen molar-refractivity contribution in [1.29, 1.82) is 0 Å². The predicted molar refractivity (Wildman–Crippen MR) is 93.2 cm³/mol. The molecule has 0 aliphatic heterocycles. The first kappa shape index (κ1) is 16.8. The minimum absolute atomic E-state index is 0.0879. The van der Waals surface area contributed by atoms with Gasteiger partial charge in [-0.05, 0) is 66.6 Å². The van der Waals surface area contributed by atoms with Gasteiger partial charge in [-0.25, -0.2) is 0 Å². The molecule has 2 N–H and O–H groups in total. The number of phenolic OH excluding ortho intramolecular Hbond substituents is 2. The van der Waals surface area contributed by atoms with Crippen molar-refractivity contribution in [3.63, 3.8) is 0 Å². The molecule has 0 spiro atoms. The van der Waals surface area contributed by atoms with Crippen LogP contribution in [-0.4, -0.2) is 10.2 Å². The van der Waals surface area contributed by atoms with Gasteiger partial charge in [0.1, 0.15) is 11.5 Å². The molecule has 0 aliphatic carbocycles. The second-order valence-corrected chi connectivity index (χ2v) is 7.92. The third-order valence-electron chi connectivity index (χ3n) is 3.86. The molecular weight excluding hydrogens is 292 g/mol. The van der Waals surface area contributed by atoms with Crippen LogP contribution in [0.25, 0.3) is 0 Å². The SMILES string of the molecule is Cc1ccc(O)c(Sc2c(O)cc(C)c(C)c2C(C)(C)C)c1. The Bertz CT molecular complexity index is 712. The molecule has 2 aromatic carbocycles. The van der Waals surface area contributed by atoms with Gasteiger partial charge in [0.2, 0.25) is 0 Å². The van der Waals surface area contributed by atoms with E-state index in [-0.39, 0.29) is 16.9 Å². The van der Waals surface area contributed by atoms with E-state index in [1.165, 1.54) is 17.3 Å². The maximum absolute atomic E-state index is 10.5. The van der Waals surface area contributed by atoms with Gasteiger partial charge in [-0.3, -0.25) is 0 Å². The quantitative estimate of drug-likeness (QED) is 0.771. The Morgan fingerprint density at radius 2 is 1.55 bits per heavy atom. The summed E-state index contributed by atoms with van der Waals surface area (Å²) in [5.74, 6) is 0.520. The van der Waals surface area contributed by atoms with E-state index in [4.69, 9.17) is 0 Å². The zero-order valence-electron chi connectivity index (χ0n) is 14.1. The molecule has 2 rings (SSSR count). The summed E-state index contributed by atoms with van der Waals surface area (Å²) in [6.07, 6.45) is 0. The van der Waals surface area contributed by atoms with Gasteiger partial charge >= 0.3 is 0 Å². The molecule has 3 heteroatoms. The van der Waals surface area contributed by atoms with E-state index >= 15 is 0 Å². The lowest BCUT2D eigenvalue weighted by atomic mass is 9.82. The molecule has 2 aromatic rings. The normalized spacial score (nSPS) is 11.7. The number of hydrogen-bond donors (Lipinski definition) is 2. The van der Waals surface area contributed by atoms with Gasteiger partial charge in [-0.2, -0.15) is 0 Å². The third-order valence-corrected chi connectivity index (χ3v) is 5.02. The molecule has 118 valence electrons. The standard InChI is InChI=1S/C19H24O2S/c1-11-7-8-14(20)16(9-11)22-18-15(21)10-12(2)13(3)17(18)19(4,5)6/h7-10,20-21H,1-6H3. The lowest BCUT2D eigenvalue weighted by Crippen LogP contribution is -2.15. The van der Waals surface area contributed by atoms with Crippen molar-refractivity contribution in [3.05, 3.63) is 46.5 Å². The monoisotopic (exact) mass is 316 g/mol. The van der Waals surface area contributed by atoms with Crippen LogP contribution in [0.15, 0.2) is 34.1 Å². The van der Waals surface area contributed by atoms with Gasteiger partial charge in [0.15, 0.2) is 0 Å². The molecule has 22 heavy (non-hydrogen) atoms. The fourth-order valence-electron chi connectivity index (χ4n) is 2.69. The first-order valence-electron chi connectivity index (χ1n) is 7.42. The van der Waals surface area contributed by atoms with Gasteiger partial charge in [0.25, 0.3) is 0 Å². The highest BCUT2D eigenvalue weighted by Crippen LogP contribution is 2.46. The lowest BCUT2D eigenvalue weighted by Gasteiger charge is -2.27. The molecule has 0 radical (unpaired) electrons. The highest BCUT2D eigenvalue weighted by Gasteiger charge is 2.25. The van der Waals surface area contributed by atoms with E-state index in [1.54, 1.807) is 12.1 Å². The first-order valence-corrected chi connectivity index (χ1v) is 8.24. The highest BCUT2D eigenvalue weighted by molar-refractivity contribution is 7.99. The van der Waals surface area contributed by atoms with Crippen LogP contribution < -0.4 is 0 Å². The van der Waals surface area contributed by atoms with E-state index in [1.807, 2.05) is 26.0 Å². The summed E-state index contributed by atoms with van der Waals surface area (Å²) in [6, 6.07) is 7.33. The number of aryl methyl sites for hydroxylation is 2. The summed E-state index contributed by atoms with van der Waals surface area (Å²) < 4.78 is 0. The van der Waals surface area contributed by atoms with Gasteiger partial charge in [0, 0.05) is 0 Å². The fourth-order valence-corrected chi connectivity index (χ4v) is 4.06. The van der Waals surface area contributed by atoms with Crippen LogP contribution in [0.5, 0.6) is 11.5 Å². The number of aromatic hydroxyl groups is 2. The van der Waals surface area contributed by atoms with Crippen molar-refractivity contribution in [2.45, 2.75) is 56.7 Å². The summed E-state index contributed by atoms with van der Waals surface area (Å²) in [5.41, 5.74) is 4.41. The summed E-state index contributed by atoms with van der Waals surface area (Å²) in [4.78, 5) is 1.60. The van der Waals surface area contributed by atoms with E-state index in [0.717, 1.165) is 26.5 Å². The Balaban J connectivity index is 2.65. The largest absolute Gasteiger partial charge is 0.507 e. The molecule has 0 atom stereocenters. The van der Waals surface area contributed by atoms with Gasteiger partial charge < -0.3 is 10.2 Å². The average Bonchev–Trinajstić information content (AvgIpc) is 2.38. The maximum atomic E-state index is 10.5. The number of phenols is 2. The van der Waals surface area contributed by atoms with Crippen molar-refractivity contribution in [1.82, 2.24) is 0 Å². The molecular formula is C19H24O2S. The fraction of sp³-hybridized carbons (Fsp3) is 0.368. The zero-order valence-corrected chi connectivity index (χ0v) is 14.9. The first-order chi connectivity index (χ1) is 10.1. The zero-order chi connectivity index (χ0) is 16.7. The third kappa shape index (κ3) is 3.25. The average molecular weight is 316 g/mol. The van der Waals surface area contributed by atoms with Crippen LogP contribution in [0.1, 0.15) is 43.0 Å². The molecule has 0 aromatic heterocycles. The van der Waals surface area contributed by atoms with Crippen LogP contribution in [0.4, 0.5) is 0 Å².